The van der Waals surface area contributed by atoms with Crippen molar-refractivity contribution in [2.45, 2.75) is 47.0 Å². The number of carbonyl (C=O) groups is 2. The van der Waals surface area contributed by atoms with Gasteiger partial charge < -0.3 is 14.9 Å². The number of hydrogen-bond acceptors (Lipinski definition) is 5. The predicted octanol–water partition coefficient (Wildman–Crippen LogP) is 5.58. The highest BCUT2D eigenvalue weighted by atomic mass is 16.5. The van der Waals surface area contributed by atoms with Crippen LogP contribution in [0.15, 0.2) is 53.6 Å². The smallest absolute Gasteiger partial charge is 0.174 e. The summed E-state index contributed by atoms with van der Waals surface area (Å²) in [6, 6.07) is 7.55. The van der Waals surface area contributed by atoms with E-state index >= 15 is 0 Å². The fourth-order valence-corrected chi connectivity index (χ4v) is 3.15. The van der Waals surface area contributed by atoms with Gasteiger partial charge in [-0.15, -0.1) is 0 Å². The van der Waals surface area contributed by atoms with Crippen LogP contribution in [0.25, 0.3) is 0 Å². The number of aromatic hydroxyl groups is 2. The maximum absolute atomic E-state index is 12.9. The second-order valence-electron chi connectivity index (χ2n) is 7.98. The Morgan fingerprint density at radius 2 is 1.48 bits per heavy atom. The van der Waals surface area contributed by atoms with Crippen molar-refractivity contribution in [2.24, 2.45) is 0 Å². The average molecular weight is 423 g/mol. The molecule has 0 heterocycles. The fraction of sp³-hybridized carbons (Fsp3) is 0.308. The van der Waals surface area contributed by atoms with Crippen LogP contribution in [0, 0.1) is 0 Å². The van der Waals surface area contributed by atoms with E-state index in [1.54, 1.807) is 6.07 Å². The maximum Gasteiger partial charge on any atom is 0.174 e. The number of benzene rings is 2. The lowest BCUT2D eigenvalue weighted by Gasteiger charge is -2.14. The monoisotopic (exact) mass is 422 g/mol. The zero-order valence-corrected chi connectivity index (χ0v) is 18.8. The summed E-state index contributed by atoms with van der Waals surface area (Å²) in [6.45, 7) is 7.81. The molecule has 5 heteroatoms. The molecule has 2 N–H and O–H groups in total. The predicted molar refractivity (Wildman–Crippen MR) is 122 cm³/mol. The summed E-state index contributed by atoms with van der Waals surface area (Å²) in [7, 11) is 1.44. The van der Waals surface area contributed by atoms with E-state index in [9.17, 15) is 19.8 Å². The lowest BCUT2D eigenvalue weighted by molar-refractivity contribution is 0.0892. The quantitative estimate of drug-likeness (QED) is 0.313. The molecular weight excluding hydrogens is 392 g/mol. The first kappa shape index (κ1) is 23.9. The van der Waals surface area contributed by atoms with Crippen LogP contribution in [0.2, 0.25) is 0 Å². The van der Waals surface area contributed by atoms with Crippen molar-refractivity contribution in [1.29, 1.82) is 0 Å². The molecule has 0 saturated heterocycles. The van der Waals surface area contributed by atoms with Gasteiger partial charge in [-0.2, -0.15) is 0 Å². The largest absolute Gasteiger partial charge is 0.508 e. The van der Waals surface area contributed by atoms with Crippen molar-refractivity contribution in [3.05, 3.63) is 75.9 Å². The van der Waals surface area contributed by atoms with Gasteiger partial charge in [0.2, 0.25) is 0 Å². The Bertz CT molecular complexity index is 1040. The molecule has 0 unspecified atom stereocenters. The molecule has 0 bridgehead atoms. The van der Waals surface area contributed by atoms with E-state index in [-0.39, 0.29) is 40.8 Å². The van der Waals surface area contributed by atoms with Gasteiger partial charge in [-0.05, 0) is 76.4 Å². The number of ketones is 2. The molecule has 0 fully saturated rings. The zero-order valence-electron chi connectivity index (χ0n) is 18.8. The molecule has 2 aromatic rings. The summed E-state index contributed by atoms with van der Waals surface area (Å²) in [5, 5.41) is 20.3. The first-order chi connectivity index (χ1) is 14.6. The molecule has 0 aliphatic rings. The topological polar surface area (TPSA) is 83.8 Å². The normalized spacial score (nSPS) is 10.4. The molecule has 0 aromatic heterocycles. The molecule has 0 amide bonds. The van der Waals surface area contributed by atoms with Gasteiger partial charge >= 0.3 is 0 Å². The molecular formula is C26H30O5. The third-order valence-electron chi connectivity index (χ3n) is 4.91. The third kappa shape index (κ3) is 6.32. The van der Waals surface area contributed by atoms with Gasteiger partial charge in [0.1, 0.15) is 17.2 Å². The lowest BCUT2D eigenvalue weighted by Crippen LogP contribution is -2.11. The van der Waals surface area contributed by atoms with Gasteiger partial charge in [0.15, 0.2) is 11.6 Å². The van der Waals surface area contributed by atoms with Crippen LogP contribution in [0.5, 0.6) is 17.2 Å². The first-order valence-electron chi connectivity index (χ1n) is 10.2. The molecule has 0 spiro atoms. The molecule has 2 aromatic carbocycles. The van der Waals surface area contributed by atoms with Crippen molar-refractivity contribution in [3.8, 4) is 17.2 Å². The number of carbonyl (C=O) groups excluding carboxylic acids is 2. The van der Waals surface area contributed by atoms with Gasteiger partial charge in [0.25, 0.3) is 0 Å². The summed E-state index contributed by atoms with van der Waals surface area (Å²) >= 11 is 0. The summed E-state index contributed by atoms with van der Waals surface area (Å²) in [5.41, 5.74) is 3.95. The Kier molecular flexibility index (Phi) is 8.20. The second kappa shape index (κ2) is 10.6. The highest BCUT2D eigenvalue weighted by molar-refractivity contribution is 6.14. The minimum absolute atomic E-state index is 0.0414. The number of phenolic OH excluding ortho intramolecular Hbond substituents is 2. The molecule has 164 valence electrons. The van der Waals surface area contributed by atoms with Crippen LogP contribution in [0.1, 0.15) is 66.0 Å². The average Bonchev–Trinajstić information content (AvgIpc) is 2.71. The Labute approximate surface area is 183 Å². The zero-order chi connectivity index (χ0) is 23.1. The van der Waals surface area contributed by atoms with E-state index in [2.05, 4.69) is 0 Å². The standard InChI is InChI=1S/C26H30O5/c1-16(2)6-8-18-14-19(9-12-22(18)27)24(29)15-25(30)21-11-13-23(28)20(26(21)31-5)10-7-17(3)4/h6-7,9,11-14,27-28H,8,10,15H2,1-5H3. The molecule has 0 aliphatic carbocycles. The summed E-state index contributed by atoms with van der Waals surface area (Å²) in [6.07, 6.45) is 4.47. The summed E-state index contributed by atoms with van der Waals surface area (Å²) in [5.74, 6) is -0.293. The van der Waals surface area contributed by atoms with Crippen molar-refractivity contribution in [1.82, 2.24) is 0 Å². The Balaban J connectivity index is 2.30. The van der Waals surface area contributed by atoms with Crippen molar-refractivity contribution >= 4 is 11.6 Å². The van der Waals surface area contributed by atoms with Crippen LogP contribution in [-0.4, -0.2) is 28.9 Å². The van der Waals surface area contributed by atoms with Crippen molar-refractivity contribution in [3.63, 3.8) is 0 Å². The second-order valence-corrected chi connectivity index (χ2v) is 7.98. The van der Waals surface area contributed by atoms with E-state index in [1.807, 2.05) is 39.8 Å². The third-order valence-corrected chi connectivity index (χ3v) is 4.91. The molecule has 31 heavy (non-hydrogen) atoms. The van der Waals surface area contributed by atoms with E-state index in [0.29, 0.717) is 29.5 Å². The van der Waals surface area contributed by atoms with Crippen molar-refractivity contribution < 1.29 is 24.5 Å². The van der Waals surface area contributed by atoms with Crippen LogP contribution >= 0.6 is 0 Å². The first-order valence-corrected chi connectivity index (χ1v) is 10.2. The molecule has 0 atom stereocenters. The fourth-order valence-electron chi connectivity index (χ4n) is 3.15. The Morgan fingerprint density at radius 3 is 2.10 bits per heavy atom. The minimum atomic E-state index is -0.390. The number of rotatable bonds is 9. The number of Topliss-reactive ketones (excluding diaryl/α,β-unsaturated/α-hetero) is 2. The van der Waals surface area contributed by atoms with Crippen LogP contribution in [-0.2, 0) is 12.8 Å². The summed E-state index contributed by atoms with van der Waals surface area (Å²) in [4.78, 5) is 25.7. The highest BCUT2D eigenvalue weighted by Crippen LogP contribution is 2.33. The van der Waals surface area contributed by atoms with Gasteiger partial charge in [-0.1, -0.05) is 23.3 Å². The molecule has 2 rings (SSSR count). The Hall–Kier alpha value is -3.34. The highest BCUT2D eigenvalue weighted by Gasteiger charge is 2.21. The van der Waals surface area contributed by atoms with Crippen LogP contribution in [0.3, 0.4) is 0 Å². The van der Waals surface area contributed by atoms with Crippen LogP contribution in [0.4, 0.5) is 0 Å². The van der Waals surface area contributed by atoms with E-state index in [1.165, 1.54) is 31.4 Å². The Morgan fingerprint density at radius 1 is 0.871 bits per heavy atom. The van der Waals surface area contributed by atoms with Gasteiger partial charge in [-0.25, -0.2) is 0 Å². The number of ether oxygens (including phenoxy) is 1. The lowest BCUT2D eigenvalue weighted by atomic mass is 9.96. The summed E-state index contributed by atoms with van der Waals surface area (Å²) < 4.78 is 5.43. The maximum atomic E-state index is 12.9. The van der Waals surface area contributed by atoms with Gasteiger partial charge in [0, 0.05) is 11.1 Å². The SMILES string of the molecule is COc1c(C(=O)CC(=O)c2ccc(O)c(CC=C(C)C)c2)ccc(O)c1CC=C(C)C. The van der Waals surface area contributed by atoms with E-state index in [4.69, 9.17) is 4.74 Å². The number of phenols is 2. The van der Waals surface area contributed by atoms with Crippen LogP contribution < -0.4 is 4.74 Å². The molecule has 0 aliphatic heterocycles. The molecule has 0 radical (unpaired) electrons. The van der Waals surface area contributed by atoms with Gasteiger partial charge in [0.05, 0.1) is 19.1 Å². The molecule has 5 nitrogen and oxygen atoms in total. The van der Waals surface area contributed by atoms with Gasteiger partial charge in [-0.3, -0.25) is 9.59 Å². The van der Waals surface area contributed by atoms with E-state index in [0.717, 1.165) is 11.1 Å². The van der Waals surface area contributed by atoms with Crippen molar-refractivity contribution in [2.75, 3.05) is 7.11 Å². The van der Waals surface area contributed by atoms with E-state index < -0.39 is 0 Å². The molecule has 0 saturated carbocycles. The number of hydrogen-bond donors (Lipinski definition) is 2. The number of allylic oxidation sites excluding steroid dienone is 4. The minimum Gasteiger partial charge on any atom is -0.508 e. The number of methoxy groups -OCH3 is 1.